The number of carboxylic acid groups (broad SMARTS) is 1. The summed E-state index contributed by atoms with van der Waals surface area (Å²) in [4.78, 5) is 49.9. The predicted octanol–water partition coefficient (Wildman–Crippen LogP) is 8.81. The molecule has 0 aliphatic heterocycles. The Morgan fingerprint density at radius 3 is 1.44 bits per heavy atom. The number of carbonyl (C=O) groups excluding carboxylic acids is 1. The molecule has 0 spiro atoms. The van der Waals surface area contributed by atoms with Gasteiger partial charge in [-0.2, -0.15) is 0 Å². The fourth-order valence-electron chi connectivity index (χ4n) is 9.72. The van der Waals surface area contributed by atoms with Gasteiger partial charge in [-0.15, -0.1) is 10.2 Å². The van der Waals surface area contributed by atoms with Gasteiger partial charge in [-0.3, -0.25) is 38.3 Å². The van der Waals surface area contributed by atoms with Crippen LogP contribution in [0.25, 0.3) is 22.8 Å². The molecule has 0 bridgehead atoms. The molecule has 1 atom stereocenters. The number of carboxylic acids is 1. The van der Waals surface area contributed by atoms with Crippen molar-refractivity contribution in [1.29, 1.82) is 0 Å². The standard InChI is InChI=1S/C21H23ClN6O4S.C13H15N5O4S.C9H11BrN2O2S.C9H12N2O2S.C8H10N2/c1-12(14-5-4-10-23-21(14)22)32-18(29)11-17-20(25-27-28(17)2)15-8-9-16(26-33(3,30)31)19(24-15)13-6-7-13;1-18-12(13(19)20)11(15-17-18)8-5-6-9(16-23(2,21)22)10(14-8)7-3-4-7;1-15(13,14)12-7-4-5-8(10)11-9(7)6-2-3-6;1-14(12,13)11-8-3-2-6-10-9(8)7-4-5-7;9-7-2-1-5-10-8(7)6-3-4-6/h4-5,8-10,12-13,26H,6-7,11H2,1-3H3;5-7,16H,3-4H2,1-2H3,(H,19,20);4-6,12H,2-3H2,1H3;2-3,6-7,11H,4-5H2,1H3;1-2,5-6H,3-4,9H2/t12-;;;;/m1..../s1. The van der Waals surface area contributed by atoms with Gasteiger partial charge in [-0.25, -0.2) is 63.1 Å². The number of nitrogens with one attached hydrogen (secondary N) is 4. The number of carbonyl (C=O) groups is 2. The lowest BCUT2D eigenvalue weighted by atomic mass is 10.1. The van der Waals surface area contributed by atoms with E-state index in [1.165, 1.54) is 35.3 Å². The van der Waals surface area contributed by atoms with E-state index >= 15 is 0 Å². The molecule has 0 radical (unpaired) electrons. The molecule has 13 rings (SSSR count). The highest BCUT2D eigenvalue weighted by atomic mass is 79.9. The highest BCUT2D eigenvalue weighted by Crippen LogP contribution is 2.46. The van der Waals surface area contributed by atoms with Crippen molar-refractivity contribution in [3.05, 3.63) is 147 Å². The van der Waals surface area contributed by atoms with Crippen molar-refractivity contribution in [3.8, 4) is 22.8 Å². The zero-order valence-corrected chi connectivity index (χ0v) is 58.3. The Labute approximate surface area is 563 Å². The summed E-state index contributed by atoms with van der Waals surface area (Å²) in [5.74, 6) is 0.245. The number of aromatic carboxylic acids is 1. The van der Waals surface area contributed by atoms with Crippen LogP contribution in [-0.2, 0) is 70.1 Å². The fourth-order valence-corrected chi connectivity index (χ4v) is 12.6. The van der Waals surface area contributed by atoms with Crippen LogP contribution in [0.2, 0.25) is 5.15 Å². The van der Waals surface area contributed by atoms with E-state index in [0.717, 1.165) is 104 Å². The van der Waals surface area contributed by atoms with Crippen molar-refractivity contribution in [2.75, 3.05) is 49.6 Å². The Bertz CT molecular complexity index is 4620. The number of sulfonamides is 4. The number of anilines is 5. The average molecular weight is 1470 g/mol. The molecule has 7 N–H and O–H groups in total. The number of nitrogens with zero attached hydrogens (tertiary/aromatic N) is 12. The minimum absolute atomic E-state index is 0.0666. The average Bonchev–Trinajstić information content (AvgIpc) is 1.68. The quantitative estimate of drug-likeness (QED) is 0.0306. The summed E-state index contributed by atoms with van der Waals surface area (Å²) < 4.78 is 110. The third-order valence-corrected chi connectivity index (χ3v) is 17.9. The van der Waals surface area contributed by atoms with E-state index < -0.39 is 58.1 Å². The van der Waals surface area contributed by atoms with Gasteiger partial charge < -0.3 is 15.6 Å². The molecule has 0 saturated heterocycles. The fraction of sp³-hybridized carbons (Fsp3) is 0.400. The van der Waals surface area contributed by atoms with Crippen molar-refractivity contribution >= 4 is 108 Å². The smallest absolute Gasteiger partial charge is 0.356 e. The molecule has 5 aliphatic carbocycles. The Balaban J connectivity index is 0.000000149. The lowest BCUT2D eigenvalue weighted by molar-refractivity contribution is -0.147. The Morgan fingerprint density at radius 2 is 0.968 bits per heavy atom. The number of aromatic nitrogens is 12. The van der Waals surface area contributed by atoms with Crippen LogP contribution in [0, 0.1) is 0 Å². The van der Waals surface area contributed by atoms with E-state index in [0.29, 0.717) is 80.2 Å². The summed E-state index contributed by atoms with van der Waals surface area (Å²) in [5, 5.41) is 25.4. The third-order valence-electron chi connectivity index (χ3n) is 14.8. The molecule has 29 nitrogen and oxygen atoms in total. The van der Waals surface area contributed by atoms with E-state index in [9.17, 15) is 48.4 Å². The highest BCUT2D eigenvalue weighted by Gasteiger charge is 2.34. The molecule has 0 unspecified atom stereocenters. The van der Waals surface area contributed by atoms with Crippen LogP contribution in [0.15, 0.2) is 96.0 Å². The monoisotopic (exact) mass is 1460 g/mol. The van der Waals surface area contributed by atoms with E-state index in [1.54, 1.807) is 81.0 Å². The number of hydrogen-bond acceptors (Lipinski definition) is 22. The largest absolute Gasteiger partial charge is 0.476 e. The molecule has 8 aromatic heterocycles. The number of nitrogen functional groups attached to an aromatic ring is 1. The first-order valence-electron chi connectivity index (χ1n) is 29.8. The van der Waals surface area contributed by atoms with Gasteiger partial charge in [-0.1, -0.05) is 28.1 Å². The maximum absolute atomic E-state index is 12.7. The molecule has 5 aliphatic rings. The Kier molecular flexibility index (Phi) is 22.2. The molecule has 95 heavy (non-hydrogen) atoms. The molecule has 5 saturated carbocycles. The number of hydrogen-bond donors (Lipinski definition) is 6. The minimum Gasteiger partial charge on any atom is -0.476 e. The second kappa shape index (κ2) is 29.8. The third kappa shape index (κ3) is 21.1. The van der Waals surface area contributed by atoms with Crippen molar-refractivity contribution in [3.63, 3.8) is 0 Å². The normalized spacial score (nSPS) is 15.5. The van der Waals surface area contributed by atoms with Crippen molar-refractivity contribution in [2.45, 2.75) is 113 Å². The van der Waals surface area contributed by atoms with Crippen LogP contribution in [0.4, 0.5) is 28.4 Å². The SMILES string of the molecule is CS(=O)(=O)Nc1ccc(Br)nc1C1CC1.CS(=O)(=O)Nc1cccnc1C1CC1.C[C@@H](OC(=O)Cc1c(-c2ccc(NS(C)(=O)=O)c(C3CC3)n2)nnn1C)c1cccnc1Cl.Cn1nnc(-c2ccc(NS(C)(=O)=O)c(C3CC3)n2)c1C(=O)O.Nc1cccnc1C1CC1. The van der Waals surface area contributed by atoms with E-state index in [2.05, 4.69) is 85.3 Å². The molecule has 0 amide bonds. The first-order chi connectivity index (χ1) is 44.8. The van der Waals surface area contributed by atoms with Crippen molar-refractivity contribution in [1.82, 2.24) is 59.9 Å². The van der Waals surface area contributed by atoms with Gasteiger partial charge in [0.1, 0.15) is 27.2 Å². The number of halogens is 2. The van der Waals surface area contributed by atoms with Gasteiger partial charge in [-0.05, 0) is 154 Å². The molecule has 8 aromatic rings. The molecule has 8 heterocycles. The van der Waals surface area contributed by atoms with Gasteiger partial charge in [0, 0.05) is 67.8 Å². The minimum atomic E-state index is -3.44. The van der Waals surface area contributed by atoms with Gasteiger partial charge >= 0.3 is 11.9 Å². The number of aryl methyl sites for hydroxylation is 2. The Hall–Kier alpha value is -8.31. The number of pyridine rings is 6. The zero-order chi connectivity index (χ0) is 68.7. The maximum atomic E-state index is 12.7. The summed E-state index contributed by atoms with van der Waals surface area (Å²) in [6.07, 6.45) is 19.5. The summed E-state index contributed by atoms with van der Waals surface area (Å²) in [6.45, 7) is 1.72. The van der Waals surface area contributed by atoms with Crippen molar-refractivity contribution in [2.24, 2.45) is 14.1 Å². The zero-order valence-electron chi connectivity index (χ0n) is 52.7. The second-order valence-corrected chi connectivity index (χ2v) is 31.7. The van der Waals surface area contributed by atoms with Crippen LogP contribution in [0.1, 0.15) is 157 Å². The first kappa shape index (κ1) is 71.0. The lowest BCUT2D eigenvalue weighted by Gasteiger charge is -2.15. The molecular weight excluding hydrogens is 1390 g/mol. The Morgan fingerprint density at radius 1 is 0.568 bits per heavy atom. The molecule has 5 fully saturated rings. The van der Waals surface area contributed by atoms with Crippen LogP contribution >= 0.6 is 27.5 Å². The second-order valence-electron chi connectivity index (χ2n) is 23.5. The maximum Gasteiger partial charge on any atom is 0.356 e. The van der Waals surface area contributed by atoms with Gasteiger partial charge in [0.25, 0.3) is 0 Å². The summed E-state index contributed by atoms with van der Waals surface area (Å²) in [6, 6.07) is 20.7. The highest BCUT2D eigenvalue weighted by molar-refractivity contribution is 9.10. The van der Waals surface area contributed by atoms with Crippen molar-refractivity contribution < 1.29 is 53.1 Å². The summed E-state index contributed by atoms with van der Waals surface area (Å²) >= 11 is 9.38. The number of ether oxygens (including phenoxy) is 1. The van der Waals surface area contributed by atoms with Gasteiger partial charge in [0.05, 0.1) is 105 Å². The molecule has 35 heteroatoms. The first-order valence-corrected chi connectivity index (χ1v) is 38.6. The number of rotatable bonds is 20. The topological polar surface area (TPSA) is 413 Å². The molecule has 506 valence electrons. The van der Waals surface area contributed by atoms with Gasteiger partial charge in [0.15, 0.2) is 5.69 Å². The van der Waals surface area contributed by atoms with E-state index in [1.807, 2.05) is 18.3 Å². The van der Waals surface area contributed by atoms with Crippen LogP contribution in [-0.4, -0.2) is 136 Å². The number of nitrogens with two attached hydrogens (primary N) is 1. The lowest BCUT2D eigenvalue weighted by Crippen LogP contribution is -2.15. The summed E-state index contributed by atoms with van der Waals surface area (Å²) in [5.41, 5.74) is 15.3. The van der Waals surface area contributed by atoms with Crippen LogP contribution in [0.5, 0.6) is 0 Å². The van der Waals surface area contributed by atoms with E-state index in [-0.39, 0.29) is 34.8 Å². The van der Waals surface area contributed by atoms with Crippen LogP contribution in [0.3, 0.4) is 0 Å². The predicted molar refractivity (Wildman–Crippen MR) is 361 cm³/mol. The van der Waals surface area contributed by atoms with Gasteiger partial charge in [0.2, 0.25) is 40.1 Å². The summed E-state index contributed by atoms with van der Waals surface area (Å²) in [7, 11) is -10.1. The van der Waals surface area contributed by atoms with Crippen LogP contribution < -0.4 is 24.6 Å². The molecular formula is C60H71BrClN17O12S4. The van der Waals surface area contributed by atoms with E-state index in [4.69, 9.17) is 22.1 Å². The number of esters is 1. The molecule has 0 aromatic carbocycles.